The summed E-state index contributed by atoms with van der Waals surface area (Å²) in [5.74, 6) is -1.37. The van der Waals surface area contributed by atoms with Crippen molar-refractivity contribution in [3.8, 4) is 0 Å². The van der Waals surface area contributed by atoms with Gasteiger partial charge in [-0.3, -0.25) is 38.3 Å². The Balaban J connectivity index is 1.75. The molecule has 2 aromatic heterocycles. The summed E-state index contributed by atoms with van der Waals surface area (Å²) >= 11 is 0. The number of nitrogens with zero attached hydrogens (tertiary/aromatic N) is 2. The number of carbonyl (C=O) groups excluding carboxylic acids is 2. The second kappa shape index (κ2) is 9.94. The standard InChI is InChI=1S/C23H28N4O10/c1-11-8-26(21(32)24-18(11)30)10-34-15-6-5-7-23(15)17(36-14(4)29)16(35-13(3)28)20(37-23)27-9-12(2)19(31)25-22(27)33/h8-9,15-17,20H,5-7,10H2,1-4H3,(H,24,30,32)(H,25,31,33)/t15-,16-,17+,20-,23-/m1/s1. The highest BCUT2D eigenvalue weighted by molar-refractivity contribution is 5.67. The maximum atomic E-state index is 12.7. The van der Waals surface area contributed by atoms with Crippen LogP contribution >= 0.6 is 0 Å². The van der Waals surface area contributed by atoms with E-state index in [0.29, 0.717) is 24.8 Å². The Kier molecular flexibility index (Phi) is 7.06. The zero-order valence-corrected chi connectivity index (χ0v) is 20.8. The maximum absolute atomic E-state index is 12.7. The summed E-state index contributed by atoms with van der Waals surface area (Å²) in [4.78, 5) is 77.1. The van der Waals surface area contributed by atoms with Crippen LogP contribution in [0.3, 0.4) is 0 Å². The normalized spacial score (nSPS) is 26.9. The molecule has 0 unspecified atom stereocenters. The van der Waals surface area contributed by atoms with Gasteiger partial charge < -0.3 is 18.9 Å². The predicted molar refractivity (Wildman–Crippen MR) is 125 cm³/mol. The zero-order chi connectivity index (χ0) is 27.1. The van der Waals surface area contributed by atoms with Gasteiger partial charge in [0.2, 0.25) is 0 Å². The number of aromatic amines is 2. The number of nitrogens with one attached hydrogen (secondary N) is 2. The monoisotopic (exact) mass is 520 g/mol. The Morgan fingerprint density at radius 2 is 1.62 bits per heavy atom. The maximum Gasteiger partial charge on any atom is 0.330 e. The minimum absolute atomic E-state index is 0.210. The van der Waals surface area contributed by atoms with Crippen LogP contribution in [0.25, 0.3) is 0 Å². The van der Waals surface area contributed by atoms with Crippen molar-refractivity contribution in [2.45, 2.75) is 83.8 Å². The number of ether oxygens (including phenoxy) is 4. The van der Waals surface area contributed by atoms with Crippen molar-refractivity contribution in [2.24, 2.45) is 0 Å². The van der Waals surface area contributed by atoms with Crippen molar-refractivity contribution in [3.05, 3.63) is 65.2 Å². The second-order valence-corrected chi connectivity index (χ2v) is 9.26. The van der Waals surface area contributed by atoms with Crippen LogP contribution in [0.5, 0.6) is 0 Å². The minimum Gasteiger partial charge on any atom is -0.455 e. The molecule has 1 saturated carbocycles. The van der Waals surface area contributed by atoms with E-state index in [9.17, 15) is 28.8 Å². The smallest absolute Gasteiger partial charge is 0.330 e. The molecular formula is C23H28N4O10. The van der Waals surface area contributed by atoms with Gasteiger partial charge in [-0.2, -0.15) is 0 Å². The average Bonchev–Trinajstić information content (AvgIpc) is 3.34. The lowest BCUT2D eigenvalue weighted by Gasteiger charge is -2.35. The van der Waals surface area contributed by atoms with Crippen LogP contribution < -0.4 is 22.5 Å². The third-order valence-electron chi connectivity index (χ3n) is 6.60. The molecule has 0 radical (unpaired) electrons. The van der Waals surface area contributed by atoms with Gasteiger partial charge in [-0.1, -0.05) is 0 Å². The Hall–Kier alpha value is -3.78. The van der Waals surface area contributed by atoms with Crippen LogP contribution in [-0.4, -0.2) is 55.0 Å². The summed E-state index contributed by atoms with van der Waals surface area (Å²) in [6, 6.07) is 0. The molecular weight excluding hydrogens is 492 g/mol. The molecule has 37 heavy (non-hydrogen) atoms. The van der Waals surface area contributed by atoms with E-state index in [1.807, 2.05) is 0 Å². The largest absolute Gasteiger partial charge is 0.455 e. The molecule has 0 bridgehead atoms. The average molecular weight is 520 g/mol. The molecule has 2 aliphatic rings. The third kappa shape index (κ3) is 4.93. The van der Waals surface area contributed by atoms with E-state index in [1.165, 1.54) is 37.7 Å². The Morgan fingerprint density at radius 1 is 1.00 bits per heavy atom. The highest BCUT2D eigenvalue weighted by atomic mass is 16.7. The summed E-state index contributed by atoms with van der Waals surface area (Å²) in [7, 11) is 0. The predicted octanol–water partition coefficient (Wildman–Crippen LogP) is -0.639. The van der Waals surface area contributed by atoms with Crippen LogP contribution in [0.4, 0.5) is 0 Å². The highest BCUT2D eigenvalue weighted by Gasteiger charge is 2.65. The molecule has 1 spiro atoms. The van der Waals surface area contributed by atoms with Crippen LogP contribution in [0.15, 0.2) is 31.6 Å². The molecule has 2 aromatic rings. The summed E-state index contributed by atoms with van der Waals surface area (Å²) in [5, 5.41) is 0. The van der Waals surface area contributed by atoms with Gasteiger partial charge in [0.05, 0.1) is 6.10 Å². The SMILES string of the molecule is CC(=O)O[C@H]1[C@H](n2cc(C)c(=O)[nH]c2=O)O[C@@]2(CCC[C@H]2OCn2cc(C)c(=O)[nH]c2=O)[C@H]1OC(C)=O. The summed E-state index contributed by atoms with van der Waals surface area (Å²) in [6.07, 6.45) is -0.451. The molecule has 14 nitrogen and oxygen atoms in total. The van der Waals surface area contributed by atoms with E-state index in [-0.39, 0.29) is 12.3 Å². The quantitative estimate of drug-likeness (QED) is 0.465. The molecule has 2 fully saturated rings. The molecule has 0 amide bonds. The number of hydrogen-bond acceptors (Lipinski definition) is 10. The van der Waals surface area contributed by atoms with Gasteiger partial charge >= 0.3 is 23.3 Å². The lowest BCUT2D eigenvalue weighted by Crippen LogP contribution is -2.52. The summed E-state index contributed by atoms with van der Waals surface area (Å²) in [5.41, 5.74) is -3.40. The van der Waals surface area contributed by atoms with Gasteiger partial charge in [-0.25, -0.2) is 9.59 Å². The van der Waals surface area contributed by atoms with E-state index in [1.54, 1.807) is 6.92 Å². The number of aryl methyl sites for hydroxylation is 2. The van der Waals surface area contributed by atoms with Crippen molar-refractivity contribution in [3.63, 3.8) is 0 Å². The molecule has 0 aromatic carbocycles. The van der Waals surface area contributed by atoms with Crippen molar-refractivity contribution in [2.75, 3.05) is 0 Å². The van der Waals surface area contributed by atoms with E-state index >= 15 is 0 Å². The van der Waals surface area contributed by atoms with Crippen molar-refractivity contribution in [1.29, 1.82) is 0 Å². The first-order chi connectivity index (χ1) is 17.4. The van der Waals surface area contributed by atoms with E-state index in [4.69, 9.17) is 18.9 Å². The Morgan fingerprint density at radius 3 is 2.27 bits per heavy atom. The van der Waals surface area contributed by atoms with Gasteiger partial charge in [0.15, 0.2) is 18.4 Å². The van der Waals surface area contributed by atoms with E-state index in [0.717, 1.165) is 4.57 Å². The third-order valence-corrected chi connectivity index (χ3v) is 6.60. The topological polar surface area (TPSA) is 181 Å². The highest BCUT2D eigenvalue weighted by Crippen LogP contribution is 2.50. The fourth-order valence-corrected chi connectivity index (χ4v) is 4.97. The first kappa shape index (κ1) is 26.3. The summed E-state index contributed by atoms with van der Waals surface area (Å²) < 4.78 is 25.9. The molecule has 4 rings (SSSR count). The lowest BCUT2D eigenvalue weighted by atomic mass is 9.91. The molecule has 1 aliphatic carbocycles. The second-order valence-electron chi connectivity index (χ2n) is 9.26. The van der Waals surface area contributed by atoms with Crippen LogP contribution in [0.2, 0.25) is 0 Å². The molecule has 14 heteroatoms. The number of esters is 2. The van der Waals surface area contributed by atoms with Crippen molar-refractivity contribution < 1.29 is 28.5 Å². The number of carbonyl (C=O) groups is 2. The van der Waals surface area contributed by atoms with Gasteiger partial charge in [0.25, 0.3) is 11.1 Å². The lowest BCUT2D eigenvalue weighted by molar-refractivity contribution is -0.190. The van der Waals surface area contributed by atoms with Crippen molar-refractivity contribution in [1.82, 2.24) is 19.1 Å². The van der Waals surface area contributed by atoms with Gasteiger partial charge in [0, 0.05) is 37.4 Å². The number of H-pyrrole nitrogens is 2. The minimum atomic E-state index is -1.35. The van der Waals surface area contributed by atoms with E-state index < -0.39 is 64.6 Å². The van der Waals surface area contributed by atoms with Crippen LogP contribution in [0.1, 0.15) is 50.5 Å². The van der Waals surface area contributed by atoms with Crippen molar-refractivity contribution >= 4 is 11.9 Å². The van der Waals surface area contributed by atoms with Gasteiger partial charge in [-0.05, 0) is 33.1 Å². The van der Waals surface area contributed by atoms with E-state index in [2.05, 4.69) is 9.97 Å². The molecule has 3 heterocycles. The molecule has 200 valence electrons. The zero-order valence-electron chi connectivity index (χ0n) is 20.8. The fourth-order valence-electron chi connectivity index (χ4n) is 4.97. The number of hydrogen-bond donors (Lipinski definition) is 2. The molecule has 2 N–H and O–H groups in total. The first-order valence-corrected chi connectivity index (χ1v) is 11.7. The Bertz CT molecular complexity index is 1450. The summed E-state index contributed by atoms with van der Waals surface area (Å²) in [6.45, 7) is 5.15. The Labute approximate surface area is 209 Å². The van der Waals surface area contributed by atoms with Crippen LogP contribution in [-0.2, 0) is 35.3 Å². The number of aromatic nitrogens is 4. The number of rotatable bonds is 6. The van der Waals surface area contributed by atoms with Gasteiger partial charge in [0.1, 0.15) is 12.3 Å². The molecule has 1 aliphatic heterocycles. The fraction of sp³-hybridized carbons (Fsp3) is 0.565. The first-order valence-electron chi connectivity index (χ1n) is 11.7. The van der Waals surface area contributed by atoms with Gasteiger partial charge in [-0.15, -0.1) is 0 Å². The molecule has 1 saturated heterocycles. The molecule has 5 atom stereocenters. The van der Waals surface area contributed by atoms with Crippen LogP contribution in [0, 0.1) is 13.8 Å².